The minimum absolute atomic E-state index is 0.154. The van der Waals surface area contributed by atoms with Crippen LogP contribution < -0.4 is 16.2 Å². The summed E-state index contributed by atoms with van der Waals surface area (Å²) in [7, 11) is 0. The van der Waals surface area contributed by atoms with Crippen LogP contribution in [0.2, 0.25) is 0 Å². The van der Waals surface area contributed by atoms with Gasteiger partial charge in [-0.05, 0) is 18.2 Å². The van der Waals surface area contributed by atoms with E-state index in [4.69, 9.17) is 4.42 Å². The molecule has 7 heteroatoms. The topological polar surface area (TPSA) is 104 Å². The van der Waals surface area contributed by atoms with E-state index in [-0.39, 0.29) is 30.1 Å². The van der Waals surface area contributed by atoms with Crippen LogP contribution in [0, 0.1) is 0 Å². The molecule has 0 saturated carbocycles. The summed E-state index contributed by atoms with van der Waals surface area (Å²) in [6, 6.07) is 6.08. The van der Waals surface area contributed by atoms with Crippen LogP contribution in [-0.4, -0.2) is 23.3 Å². The van der Waals surface area contributed by atoms with E-state index in [0.29, 0.717) is 5.76 Å². The van der Waals surface area contributed by atoms with Crippen LogP contribution in [0.3, 0.4) is 0 Å². The fourth-order valence-corrected chi connectivity index (χ4v) is 1.48. The highest BCUT2D eigenvalue weighted by Crippen LogP contribution is 1.98. The Kier molecular flexibility index (Phi) is 4.33. The number of hydrogen-bond donors (Lipinski definition) is 3. The molecule has 0 aromatic carbocycles. The van der Waals surface area contributed by atoms with E-state index in [0.717, 1.165) is 0 Å². The van der Waals surface area contributed by atoms with Crippen molar-refractivity contribution < 1.29 is 14.0 Å². The van der Waals surface area contributed by atoms with Crippen LogP contribution in [0.15, 0.2) is 45.9 Å². The molecule has 2 rings (SSSR count). The molecule has 2 aromatic rings. The number of hydrogen-bond acceptors (Lipinski definition) is 4. The molecule has 7 nitrogen and oxygen atoms in total. The first-order chi connectivity index (χ1) is 9.65. The molecule has 0 atom stereocenters. The molecular formula is C13H13N3O4. The van der Waals surface area contributed by atoms with Gasteiger partial charge in [-0.15, -0.1) is 0 Å². The summed E-state index contributed by atoms with van der Waals surface area (Å²) in [5.41, 5.74) is -0.0128. The van der Waals surface area contributed by atoms with Crippen molar-refractivity contribution in [2.45, 2.75) is 6.54 Å². The highest BCUT2D eigenvalue weighted by Gasteiger charge is 2.08. The Hall–Kier alpha value is -2.83. The maximum Gasteiger partial charge on any atom is 0.253 e. The molecule has 0 aliphatic carbocycles. The number of nitrogens with one attached hydrogen (secondary N) is 3. The van der Waals surface area contributed by atoms with Crippen molar-refractivity contribution in [1.29, 1.82) is 0 Å². The van der Waals surface area contributed by atoms with Gasteiger partial charge in [0, 0.05) is 12.3 Å². The number of carbonyl (C=O) groups is 2. The number of aromatic amines is 1. The Morgan fingerprint density at radius 1 is 1.20 bits per heavy atom. The van der Waals surface area contributed by atoms with Crippen LogP contribution in [0.1, 0.15) is 16.1 Å². The highest BCUT2D eigenvalue weighted by molar-refractivity contribution is 5.96. The number of furan rings is 1. The standard InChI is InChI=1S/C13H13N3O4/c17-11-4-3-9(6-14-11)13(19)16-8-12(18)15-7-10-2-1-5-20-10/h1-6H,7-8H2,(H,14,17)(H,15,18)(H,16,19). The van der Waals surface area contributed by atoms with Gasteiger partial charge >= 0.3 is 0 Å². The minimum atomic E-state index is -0.436. The monoisotopic (exact) mass is 275 g/mol. The van der Waals surface area contributed by atoms with Gasteiger partial charge in [0.15, 0.2) is 0 Å². The van der Waals surface area contributed by atoms with Gasteiger partial charge in [0.1, 0.15) is 5.76 Å². The zero-order valence-electron chi connectivity index (χ0n) is 10.5. The molecule has 0 fully saturated rings. The molecule has 0 radical (unpaired) electrons. The number of rotatable bonds is 5. The van der Waals surface area contributed by atoms with Crippen molar-refractivity contribution in [3.63, 3.8) is 0 Å². The first kappa shape index (κ1) is 13.6. The van der Waals surface area contributed by atoms with E-state index in [1.807, 2.05) is 0 Å². The first-order valence-electron chi connectivity index (χ1n) is 5.91. The van der Waals surface area contributed by atoms with Gasteiger partial charge in [-0.3, -0.25) is 14.4 Å². The van der Waals surface area contributed by atoms with E-state index in [9.17, 15) is 14.4 Å². The predicted molar refractivity (Wildman–Crippen MR) is 70.0 cm³/mol. The lowest BCUT2D eigenvalue weighted by atomic mass is 10.2. The lowest BCUT2D eigenvalue weighted by molar-refractivity contribution is -0.120. The van der Waals surface area contributed by atoms with E-state index in [1.54, 1.807) is 12.1 Å². The summed E-state index contributed by atoms with van der Waals surface area (Å²) in [6.07, 6.45) is 2.80. The number of aromatic nitrogens is 1. The fourth-order valence-electron chi connectivity index (χ4n) is 1.48. The molecule has 0 bridgehead atoms. The third-order valence-corrected chi connectivity index (χ3v) is 2.50. The van der Waals surface area contributed by atoms with Gasteiger partial charge in [0.25, 0.3) is 5.91 Å². The van der Waals surface area contributed by atoms with Crippen LogP contribution in [-0.2, 0) is 11.3 Å². The summed E-state index contributed by atoms with van der Waals surface area (Å²) in [4.78, 5) is 36.4. The van der Waals surface area contributed by atoms with Crippen molar-refractivity contribution in [3.8, 4) is 0 Å². The number of amides is 2. The second-order valence-electron chi connectivity index (χ2n) is 3.98. The molecule has 2 aromatic heterocycles. The smallest absolute Gasteiger partial charge is 0.253 e. The molecule has 104 valence electrons. The zero-order chi connectivity index (χ0) is 14.4. The molecule has 3 N–H and O–H groups in total. The largest absolute Gasteiger partial charge is 0.467 e. The molecule has 0 aliphatic heterocycles. The van der Waals surface area contributed by atoms with Crippen LogP contribution in [0.4, 0.5) is 0 Å². The Morgan fingerprint density at radius 3 is 2.70 bits per heavy atom. The Bertz CT molecular complexity index is 625. The second kappa shape index (κ2) is 6.37. The van der Waals surface area contributed by atoms with Crippen molar-refractivity contribution in [1.82, 2.24) is 15.6 Å². The maximum atomic E-state index is 11.7. The summed E-state index contributed by atoms with van der Waals surface area (Å²) in [5.74, 6) is -0.140. The van der Waals surface area contributed by atoms with E-state index in [2.05, 4.69) is 15.6 Å². The Morgan fingerprint density at radius 2 is 2.05 bits per heavy atom. The zero-order valence-corrected chi connectivity index (χ0v) is 10.5. The Balaban J connectivity index is 1.76. The second-order valence-corrected chi connectivity index (χ2v) is 3.98. The van der Waals surface area contributed by atoms with E-state index in [1.165, 1.54) is 24.6 Å². The molecule has 0 aliphatic rings. The van der Waals surface area contributed by atoms with Crippen molar-refractivity contribution in [3.05, 3.63) is 58.4 Å². The molecule has 20 heavy (non-hydrogen) atoms. The van der Waals surface area contributed by atoms with Crippen LogP contribution in [0.25, 0.3) is 0 Å². The lowest BCUT2D eigenvalue weighted by Gasteiger charge is -2.05. The molecule has 0 unspecified atom stereocenters. The van der Waals surface area contributed by atoms with Crippen molar-refractivity contribution in [2.24, 2.45) is 0 Å². The highest BCUT2D eigenvalue weighted by atomic mass is 16.3. The third-order valence-electron chi connectivity index (χ3n) is 2.50. The average molecular weight is 275 g/mol. The molecular weight excluding hydrogens is 262 g/mol. The average Bonchev–Trinajstić information content (AvgIpc) is 2.96. The normalized spacial score (nSPS) is 10.0. The summed E-state index contributed by atoms with van der Waals surface area (Å²) >= 11 is 0. The summed E-state index contributed by atoms with van der Waals surface area (Å²) < 4.78 is 5.05. The lowest BCUT2D eigenvalue weighted by Crippen LogP contribution is -2.36. The third kappa shape index (κ3) is 3.84. The SMILES string of the molecule is O=C(CNC(=O)c1ccc(=O)[nH]c1)NCc1ccco1. The van der Waals surface area contributed by atoms with Crippen molar-refractivity contribution >= 4 is 11.8 Å². The molecule has 2 amide bonds. The van der Waals surface area contributed by atoms with Gasteiger partial charge in [0.05, 0.1) is 24.9 Å². The fraction of sp³-hybridized carbons (Fsp3) is 0.154. The van der Waals surface area contributed by atoms with Gasteiger partial charge in [0.2, 0.25) is 11.5 Å². The number of H-pyrrole nitrogens is 1. The first-order valence-corrected chi connectivity index (χ1v) is 5.91. The minimum Gasteiger partial charge on any atom is -0.467 e. The molecule has 0 spiro atoms. The molecule has 0 saturated heterocycles. The van der Waals surface area contributed by atoms with Crippen molar-refractivity contribution in [2.75, 3.05) is 6.54 Å². The van der Waals surface area contributed by atoms with Gasteiger partial charge in [-0.2, -0.15) is 0 Å². The van der Waals surface area contributed by atoms with Gasteiger partial charge < -0.3 is 20.0 Å². The summed E-state index contributed by atoms with van der Waals surface area (Å²) in [6.45, 7) is 0.110. The van der Waals surface area contributed by atoms with Gasteiger partial charge in [-0.1, -0.05) is 0 Å². The predicted octanol–water partition coefficient (Wildman–Crippen LogP) is 0.0141. The van der Waals surface area contributed by atoms with E-state index < -0.39 is 5.91 Å². The summed E-state index contributed by atoms with van der Waals surface area (Å²) in [5, 5.41) is 5.04. The quantitative estimate of drug-likeness (QED) is 0.715. The van der Waals surface area contributed by atoms with Crippen LogP contribution >= 0.6 is 0 Å². The Labute approximate surface area is 114 Å². The van der Waals surface area contributed by atoms with E-state index >= 15 is 0 Å². The van der Waals surface area contributed by atoms with Crippen LogP contribution in [0.5, 0.6) is 0 Å². The molecule has 2 heterocycles. The maximum absolute atomic E-state index is 11.7. The van der Waals surface area contributed by atoms with Gasteiger partial charge in [-0.25, -0.2) is 0 Å². The number of carbonyl (C=O) groups excluding carboxylic acids is 2. The number of pyridine rings is 1.